The normalized spacial score (nSPS) is 54.1. The van der Waals surface area contributed by atoms with Gasteiger partial charge < -0.3 is 25.4 Å². The standard InChI is InChI=1S/C32H51F2NO5/c1-25(2)24-19(39-22(37)16-35)14-20-28(6)15-18(36)23(29(7)9-8-21(40-29)26(3,4)38)27(28,5)10-11-30(20)17-31(24,30)12-13-32(25,33)34/h18-21,23-24,36,38H,8-17,35H2,1-7H3/t18-,19-,20-,21-,23-,24-,27+,28-,29-,30-,31+/m0/s1. The molecule has 1 saturated heterocycles. The van der Waals surface area contributed by atoms with Gasteiger partial charge in [0.2, 0.25) is 0 Å². The van der Waals surface area contributed by atoms with E-state index in [9.17, 15) is 15.0 Å². The Hall–Kier alpha value is -0.830. The van der Waals surface area contributed by atoms with Gasteiger partial charge in [-0.25, -0.2) is 8.78 Å². The van der Waals surface area contributed by atoms with Crippen LogP contribution in [0.1, 0.15) is 106 Å². The SMILES string of the molecule is CC(C)(O)[C@@H]1CC[C@@](C)([C@H]2[C@@H](O)C[C@@]3(C)[C@@H]4C[C@H](OC(=O)CN)[C@H]5C(C)(C)C(F)(F)CC[C@@]56C[C@@]46CC[C@]23C)O1. The molecule has 6 fully saturated rings. The Morgan fingerprint density at radius 1 is 1.00 bits per heavy atom. The zero-order valence-electron chi connectivity index (χ0n) is 25.5. The first kappa shape index (κ1) is 29.3. The molecule has 6 nitrogen and oxygen atoms in total. The number of hydrogen-bond acceptors (Lipinski definition) is 6. The van der Waals surface area contributed by atoms with Gasteiger partial charge in [0.15, 0.2) is 0 Å². The van der Waals surface area contributed by atoms with Gasteiger partial charge in [-0.15, -0.1) is 0 Å². The van der Waals surface area contributed by atoms with E-state index in [2.05, 4.69) is 20.8 Å². The summed E-state index contributed by atoms with van der Waals surface area (Å²) < 4.78 is 43.7. The number of esters is 1. The number of hydrogen-bond donors (Lipinski definition) is 3. The topological polar surface area (TPSA) is 102 Å². The molecule has 1 heterocycles. The summed E-state index contributed by atoms with van der Waals surface area (Å²) in [5.74, 6) is -3.76. The molecule has 2 spiro atoms. The zero-order chi connectivity index (χ0) is 29.5. The van der Waals surface area contributed by atoms with Crippen LogP contribution in [0.4, 0.5) is 8.78 Å². The van der Waals surface area contributed by atoms with Gasteiger partial charge in [0, 0.05) is 23.7 Å². The molecule has 0 unspecified atom stereocenters. The van der Waals surface area contributed by atoms with Crippen molar-refractivity contribution >= 4 is 5.97 Å². The molecule has 0 radical (unpaired) electrons. The lowest BCUT2D eigenvalue weighted by molar-refractivity contribution is -0.251. The Labute approximate surface area is 238 Å². The summed E-state index contributed by atoms with van der Waals surface area (Å²) in [6, 6.07) is 0. The summed E-state index contributed by atoms with van der Waals surface area (Å²) in [6.07, 6.45) is 4.25. The molecule has 4 N–H and O–H groups in total. The van der Waals surface area contributed by atoms with Gasteiger partial charge in [-0.3, -0.25) is 4.79 Å². The first-order chi connectivity index (χ1) is 18.2. The van der Waals surface area contributed by atoms with Crippen molar-refractivity contribution in [3.8, 4) is 0 Å². The number of aliphatic hydroxyl groups is 2. The predicted octanol–water partition coefficient (Wildman–Crippen LogP) is 5.22. The smallest absolute Gasteiger partial charge is 0.319 e. The molecule has 1 aliphatic heterocycles. The average Bonchev–Trinajstić information content (AvgIpc) is 3.20. The van der Waals surface area contributed by atoms with E-state index >= 15 is 8.78 Å². The molecule has 5 saturated carbocycles. The van der Waals surface area contributed by atoms with Crippen molar-refractivity contribution in [1.82, 2.24) is 0 Å². The molecule has 8 heteroatoms. The van der Waals surface area contributed by atoms with Crippen LogP contribution in [0.5, 0.6) is 0 Å². The number of aliphatic hydroxyl groups excluding tert-OH is 1. The zero-order valence-corrected chi connectivity index (χ0v) is 25.5. The predicted molar refractivity (Wildman–Crippen MR) is 146 cm³/mol. The molecule has 0 bridgehead atoms. The maximum atomic E-state index is 15.5. The van der Waals surface area contributed by atoms with E-state index in [1.54, 1.807) is 27.7 Å². The van der Waals surface area contributed by atoms with E-state index in [0.29, 0.717) is 19.3 Å². The van der Waals surface area contributed by atoms with Crippen molar-refractivity contribution in [2.75, 3.05) is 6.54 Å². The highest BCUT2D eigenvalue weighted by Gasteiger charge is 2.86. The summed E-state index contributed by atoms with van der Waals surface area (Å²) in [7, 11) is 0. The minimum atomic E-state index is -2.83. The van der Waals surface area contributed by atoms with Gasteiger partial charge in [-0.05, 0) is 99.7 Å². The molecule has 11 atom stereocenters. The first-order valence-corrected chi connectivity index (χ1v) is 15.6. The Morgan fingerprint density at radius 2 is 1.65 bits per heavy atom. The van der Waals surface area contributed by atoms with Gasteiger partial charge in [0.25, 0.3) is 5.92 Å². The van der Waals surface area contributed by atoms with E-state index in [-0.39, 0.29) is 52.6 Å². The van der Waals surface area contributed by atoms with E-state index in [0.717, 1.165) is 32.1 Å². The highest BCUT2D eigenvalue weighted by atomic mass is 19.3. The Morgan fingerprint density at radius 3 is 2.25 bits per heavy atom. The summed E-state index contributed by atoms with van der Waals surface area (Å²) in [6.45, 7) is 13.4. The van der Waals surface area contributed by atoms with Crippen LogP contribution in [0.2, 0.25) is 0 Å². The van der Waals surface area contributed by atoms with Crippen molar-refractivity contribution in [3.63, 3.8) is 0 Å². The number of ether oxygens (including phenoxy) is 2. The molecular formula is C32H51F2NO5. The van der Waals surface area contributed by atoms with E-state index in [1.165, 1.54) is 0 Å². The lowest BCUT2D eigenvalue weighted by Crippen LogP contribution is -2.64. The number of nitrogens with two attached hydrogens (primary N) is 1. The van der Waals surface area contributed by atoms with Crippen molar-refractivity contribution in [3.05, 3.63) is 0 Å². The first-order valence-electron chi connectivity index (χ1n) is 15.6. The van der Waals surface area contributed by atoms with E-state index in [4.69, 9.17) is 15.2 Å². The van der Waals surface area contributed by atoms with Gasteiger partial charge >= 0.3 is 5.97 Å². The van der Waals surface area contributed by atoms with Crippen LogP contribution in [0.25, 0.3) is 0 Å². The van der Waals surface area contributed by atoms with Crippen molar-refractivity contribution in [2.24, 2.45) is 50.6 Å². The Bertz CT molecular complexity index is 1090. The van der Waals surface area contributed by atoms with Crippen LogP contribution in [0.15, 0.2) is 0 Å². The highest BCUT2D eigenvalue weighted by molar-refractivity contribution is 5.71. The van der Waals surface area contributed by atoms with Crippen LogP contribution < -0.4 is 5.73 Å². The van der Waals surface area contributed by atoms with Gasteiger partial charge in [-0.1, -0.05) is 27.7 Å². The fourth-order valence-electron chi connectivity index (χ4n) is 12.3. The molecule has 228 valence electrons. The second-order valence-corrected chi connectivity index (χ2v) is 16.6. The number of carbonyl (C=O) groups is 1. The average molecular weight is 568 g/mol. The van der Waals surface area contributed by atoms with E-state index < -0.39 is 46.6 Å². The number of carbonyl (C=O) groups excluding carboxylic acids is 1. The molecule has 40 heavy (non-hydrogen) atoms. The third kappa shape index (κ3) is 3.37. The maximum absolute atomic E-state index is 15.5. The summed E-state index contributed by atoms with van der Waals surface area (Å²) in [5, 5.41) is 22.6. The fraction of sp³-hybridized carbons (Fsp3) is 0.969. The Balaban J connectivity index is 1.40. The largest absolute Gasteiger partial charge is 0.461 e. The lowest BCUT2D eigenvalue weighted by Gasteiger charge is -2.65. The monoisotopic (exact) mass is 567 g/mol. The second-order valence-electron chi connectivity index (χ2n) is 16.6. The van der Waals surface area contributed by atoms with Gasteiger partial charge in [0.05, 0.1) is 30.0 Å². The van der Waals surface area contributed by atoms with Crippen LogP contribution in [0, 0.1) is 44.8 Å². The molecule has 0 aromatic heterocycles. The number of fused-ring (bicyclic) bond motifs is 2. The van der Waals surface area contributed by atoms with Crippen molar-refractivity contribution < 1.29 is 33.3 Å². The van der Waals surface area contributed by atoms with Crippen LogP contribution in [-0.4, -0.2) is 58.2 Å². The molecule has 0 amide bonds. The molecule has 6 aliphatic rings. The lowest BCUT2D eigenvalue weighted by atomic mass is 9.41. The number of halogens is 2. The second kappa shape index (κ2) is 8.21. The molecule has 5 aliphatic carbocycles. The number of alkyl halides is 2. The quantitative estimate of drug-likeness (QED) is 0.403. The van der Waals surface area contributed by atoms with Crippen molar-refractivity contribution in [1.29, 1.82) is 0 Å². The van der Waals surface area contributed by atoms with Crippen LogP contribution in [0.3, 0.4) is 0 Å². The molecule has 0 aromatic rings. The molecule has 0 aromatic carbocycles. The fourth-order valence-corrected chi connectivity index (χ4v) is 12.3. The third-order valence-electron chi connectivity index (χ3n) is 14.3. The van der Waals surface area contributed by atoms with Gasteiger partial charge in [-0.2, -0.15) is 0 Å². The Kier molecular flexibility index (Phi) is 6.00. The summed E-state index contributed by atoms with van der Waals surface area (Å²) in [4.78, 5) is 12.6. The molecular weight excluding hydrogens is 516 g/mol. The van der Waals surface area contributed by atoms with Gasteiger partial charge in [0.1, 0.15) is 6.10 Å². The summed E-state index contributed by atoms with van der Waals surface area (Å²) >= 11 is 0. The van der Waals surface area contributed by atoms with Crippen LogP contribution >= 0.6 is 0 Å². The van der Waals surface area contributed by atoms with Crippen LogP contribution in [-0.2, 0) is 14.3 Å². The highest BCUT2D eigenvalue weighted by Crippen LogP contribution is 2.90. The molecule has 6 rings (SSSR count). The number of rotatable bonds is 4. The minimum absolute atomic E-state index is 0.0764. The maximum Gasteiger partial charge on any atom is 0.319 e. The third-order valence-corrected chi connectivity index (χ3v) is 14.3. The van der Waals surface area contributed by atoms with E-state index in [1.807, 2.05) is 0 Å². The minimum Gasteiger partial charge on any atom is -0.461 e. The van der Waals surface area contributed by atoms with Crippen molar-refractivity contribution in [2.45, 2.75) is 142 Å². The summed E-state index contributed by atoms with van der Waals surface area (Å²) in [5.41, 5.74) is 1.94.